The summed E-state index contributed by atoms with van der Waals surface area (Å²) in [6.07, 6.45) is 3.50. The van der Waals surface area contributed by atoms with Crippen LogP contribution in [0.2, 0.25) is 0 Å². The van der Waals surface area contributed by atoms with Gasteiger partial charge >= 0.3 is 5.97 Å². The molecule has 142 valence electrons. The average Bonchev–Trinajstić information content (AvgIpc) is 3.28. The van der Waals surface area contributed by atoms with Gasteiger partial charge in [-0.15, -0.1) is 11.8 Å². The smallest absolute Gasteiger partial charge is 0.355 e. The largest absolute Gasteiger partial charge is 0.456 e. The number of amides is 1. The molecule has 0 N–H and O–H groups in total. The Morgan fingerprint density at radius 3 is 2.75 bits per heavy atom. The molecule has 0 radical (unpaired) electrons. The number of β-lactam (4-membered cyclic amide) rings is 1. The van der Waals surface area contributed by atoms with Crippen molar-refractivity contribution in [1.82, 2.24) is 14.7 Å². The maximum absolute atomic E-state index is 12.4. The van der Waals surface area contributed by atoms with Crippen molar-refractivity contribution in [1.29, 1.82) is 0 Å². The van der Waals surface area contributed by atoms with E-state index in [2.05, 4.69) is 5.10 Å². The Bertz CT molecular complexity index is 1040. The maximum atomic E-state index is 12.4. The summed E-state index contributed by atoms with van der Waals surface area (Å²) in [5.74, 6) is -0.863. The van der Waals surface area contributed by atoms with Crippen LogP contribution in [0.1, 0.15) is 11.3 Å². The van der Waals surface area contributed by atoms with Crippen molar-refractivity contribution in [2.75, 3.05) is 0 Å². The molecule has 0 saturated carbocycles. The summed E-state index contributed by atoms with van der Waals surface area (Å²) in [6.45, 7) is -0.0395. The van der Waals surface area contributed by atoms with Crippen molar-refractivity contribution >= 4 is 35.4 Å². The number of ether oxygens (including phenoxy) is 1. The van der Waals surface area contributed by atoms with Gasteiger partial charge in [0.2, 0.25) is 0 Å². The van der Waals surface area contributed by atoms with Crippen molar-refractivity contribution < 1.29 is 19.2 Å². The molecule has 2 aromatic rings. The van der Waals surface area contributed by atoms with Gasteiger partial charge in [0.15, 0.2) is 0 Å². The van der Waals surface area contributed by atoms with Crippen LogP contribution >= 0.6 is 11.8 Å². The van der Waals surface area contributed by atoms with Gasteiger partial charge in [-0.05, 0) is 29.8 Å². The Hall–Kier alpha value is -3.40. The molecule has 1 aromatic heterocycles. The molecule has 1 aromatic carbocycles. The number of aromatic nitrogens is 2. The Morgan fingerprint density at radius 1 is 1.36 bits per heavy atom. The van der Waals surface area contributed by atoms with E-state index in [9.17, 15) is 19.7 Å². The number of rotatable bonds is 5. The third-order valence-electron chi connectivity index (χ3n) is 4.30. The molecule has 28 heavy (non-hydrogen) atoms. The van der Waals surface area contributed by atoms with Crippen LogP contribution in [-0.4, -0.2) is 36.9 Å². The molecule has 10 heteroatoms. The number of fused-ring (bicyclic) bond motifs is 1. The molecule has 2 aliphatic rings. The number of hydrogen-bond acceptors (Lipinski definition) is 7. The molecule has 1 amide bonds. The minimum atomic E-state index is -0.612. The Morgan fingerprint density at radius 2 is 2.11 bits per heavy atom. The zero-order valence-electron chi connectivity index (χ0n) is 14.6. The first-order chi connectivity index (χ1) is 13.4. The summed E-state index contributed by atoms with van der Waals surface area (Å²) in [7, 11) is 1.79. The van der Waals surface area contributed by atoms with Gasteiger partial charge in [-0.2, -0.15) is 5.10 Å². The minimum Gasteiger partial charge on any atom is -0.456 e. The minimum absolute atomic E-state index is 0.0359. The molecular formula is C18H14N4O5S. The van der Waals surface area contributed by atoms with Gasteiger partial charge in [0.1, 0.15) is 17.7 Å². The van der Waals surface area contributed by atoms with Crippen molar-refractivity contribution in [3.05, 3.63) is 74.6 Å². The number of hydrogen-bond donors (Lipinski definition) is 0. The lowest BCUT2D eigenvalue weighted by Crippen LogP contribution is -2.51. The van der Waals surface area contributed by atoms with E-state index in [1.165, 1.54) is 40.9 Å². The fourth-order valence-corrected chi connectivity index (χ4v) is 3.98. The standard InChI is InChI=1S/C18H14N4O5S/c1-20-7-6-12(19-20)8-14-16(23)21-15(10-28-17(14)21)18(24)27-9-11-2-4-13(5-3-11)22(25)26/h2-8,10,17H,9H2,1H3. The summed E-state index contributed by atoms with van der Waals surface area (Å²) >= 11 is 1.36. The van der Waals surface area contributed by atoms with Crippen LogP contribution in [0.15, 0.2) is 53.2 Å². The highest BCUT2D eigenvalue weighted by Crippen LogP contribution is 2.45. The highest BCUT2D eigenvalue weighted by atomic mass is 32.2. The number of benzene rings is 1. The van der Waals surface area contributed by atoms with Crippen molar-refractivity contribution in [2.24, 2.45) is 7.05 Å². The predicted molar refractivity (Wildman–Crippen MR) is 100 cm³/mol. The summed E-state index contributed by atoms with van der Waals surface area (Å²) in [4.78, 5) is 36.4. The highest BCUT2D eigenvalue weighted by molar-refractivity contribution is 8.03. The van der Waals surface area contributed by atoms with Crippen LogP contribution in [-0.2, 0) is 28.0 Å². The lowest BCUT2D eigenvalue weighted by molar-refractivity contribution is -0.384. The summed E-state index contributed by atoms with van der Waals surface area (Å²) in [5, 5.41) is 16.2. The fourth-order valence-electron chi connectivity index (χ4n) is 2.87. The molecular weight excluding hydrogens is 384 g/mol. The number of carbonyl (C=O) groups excluding carboxylic acids is 2. The van der Waals surface area contributed by atoms with Crippen molar-refractivity contribution in [2.45, 2.75) is 12.0 Å². The zero-order chi connectivity index (χ0) is 19.8. The topological polar surface area (TPSA) is 108 Å². The normalized spacial score (nSPS) is 19.2. The lowest BCUT2D eigenvalue weighted by Gasteiger charge is -2.37. The van der Waals surface area contributed by atoms with Gasteiger partial charge in [-0.1, -0.05) is 0 Å². The van der Waals surface area contributed by atoms with Gasteiger partial charge in [-0.3, -0.25) is 24.5 Å². The molecule has 0 spiro atoms. The number of non-ortho nitro benzene ring substituents is 1. The van der Waals surface area contributed by atoms with E-state index in [0.717, 1.165) is 0 Å². The number of esters is 1. The van der Waals surface area contributed by atoms with Crippen LogP contribution in [0, 0.1) is 10.1 Å². The first kappa shape index (κ1) is 18.0. The van der Waals surface area contributed by atoms with E-state index in [1.54, 1.807) is 35.5 Å². The molecule has 0 bridgehead atoms. The summed E-state index contributed by atoms with van der Waals surface area (Å²) < 4.78 is 6.90. The number of carbonyl (C=O) groups is 2. The third-order valence-corrected chi connectivity index (χ3v) is 5.38. The highest BCUT2D eigenvalue weighted by Gasteiger charge is 2.49. The van der Waals surface area contributed by atoms with Crippen LogP contribution in [0.25, 0.3) is 6.08 Å². The fraction of sp³-hybridized carbons (Fsp3) is 0.167. The van der Waals surface area contributed by atoms with Crippen LogP contribution in [0.5, 0.6) is 0 Å². The predicted octanol–water partition coefficient (Wildman–Crippen LogP) is 2.21. The van der Waals surface area contributed by atoms with E-state index in [-0.39, 0.29) is 29.3 Å². The molecule has 4 rings (SSSR count). The number of nitrogens with zero attached hydrogens (tertiary/aromatic N) is 4. The molecule has 3 heterocycles. The number of nitro benzene ring substituents is 1. The van der Waals surface area contributed by atoms with E-state index in [4.69, 9.17) is 4.74 Å². The molecule has 0 aliphatic carbocycles. The molecule has 1 fully saturated rings. The average molecular weight is 398 g/mol. The van der Waals surface area contributed by atoms with Crippen molar-refractivity contribution in [3.8, 4) is 0 Å². The van der Waals surface area contributed by atoms with Gasteiger partial charge in [0.05, 0.1) is 16.2 Å². The third kappa shape index (κ3) is 3.18. The number of thioether (sulfide) groups is 1. The second kappa shape index (κ2) is 6.97. The Labute approximate surface area is 163 Å². The summed E-state index contributed by atoms with van der Waals surface area (Å²) in [5.41, 5.74) is 2.04. The van der Waals surface area contributed by atoms with Gasteiger partial charge in [0, 0.05) is 30.8 Å². The number of nitro groups is 1. The molecule has 9 nitrogen and oxygen atoms in total. The molecule has 1 unspecified atom stereocenters. The first-order valence-electron chi connectivity index (χ1n) is 8.25. The van der Waals surface area contributed by atoms with Gasteiger partial charge in [-0.25, -0.2) is 4.79 Å². The molecule has 1 saturated heterocycles. The Balaban J connectivity index is 1.38. The lowest BCUT2D eigenvalue weighted by atomic mass is 10.0. The zero-order valence-corrected chi connectivity index (χ0v) is 15.5. The van der Waals surface area contributed by atoms with Gasteiger partial charge in [0.25, 0.3) is 11.6 Å². The van der Waals surface area contributed by atoms with Crippen LogP contribution in [0.3, 0.4) is 0 Å². The SMILES string of the molecule is Cn1ccc(C=C2C(=O)N3C(C(=O)OCc4ccc([N+](=O)[O-])cc4)=CSC23)n1. The van der Waals surface area contributed by atoms with E-state index in [0.29, 0.717) is 16.8 Å². The molecule has 1 atom stereocenters. The number of aryl methyl sites for hydroxylation is 1. The van der Waals surface area contributed by atoms with Crippen molar-refractivity contribution in [3.63, 3.8) is 0 Å². The maximum Gasteiger partial charge on any atom is 0.355 e. The quantitative estimate of drug-likeness (QED) is 0.250. The second-order valence-corrected chi connectivity index (χ2v) is 7.13. The van der Waals surface area contributed by atoms with Gasteiger partial charge < -0.3 is 4.74 Å². The van der Waals surface area contributed by atoms with Crippen LogP contribution in [0.4, 0.5) is 5.69 Å². The van der Waals surface area contributed by atoms with Crippen LogP contribution < -0.4 is 0 Å². The molecule has 2 aliphatic heterocycles. The summed E-state index contributed by atoms with van der Waals surface area (Å²) in [6, 6.07) is 7.54. The van der Waals surface area contributed by atoms with E-state index >= 15 is 0 Å². The van der Waals surface area contributed by atoms with E-state index < -0.39 is 10.9 Å². The monoisotopic (exact) mass is 398 g/mol. The Kier molecular flexibility index (Phi) is 4.47. The van der Waals surface area contributed by atoms with E-state index in [1.807, 2.05) is 0 Å². The second-order valence-electron chi connectivity index (χ2n) is 6.18. The first-order valence-corrected chi connectivity index (χ1v) is 9.19.